The van der Waals surface area contributed by atoms with E-state index in [1.165, 1.54) is 7.11 Å². The number of ether oxygens (including phenoxy) is 1. The number of carboxylic acid groups (broad SMARTS) is 1. The molecule has 1 amide bonds. The highest BCUT2D eigenvalue weighted by molar-refractivity contribution is 5.83. The van der Waals surface area contributed by atoms with Gasteiger partial charge in [0.1, 0.15) is 6.04 Å². The lowest BCUT2D eigenvalue weighted by molar-refractivity contribution is -0.143. The summed E-state index contributed by atoms with van der Waals surface area (Å²) in [5.41, 5.74) is 5.36. The minimum Gasteiger partial charge on any atom is -0.480 e. The molecule has 0 bridgehead atoms. The summed E-state index contributed by atoms with van der Waals surface area (Å²) in [6, 6.07) is -0.872. The molecule has 0 radical (unpaired) electrons. The van der Waals surface area contributed by atoms with Gasteiger partial charge in [-0.15, -0.1) is 0 Å². The molecule has 6 nitrogen and oxygen atoms in total. The summed E-state index contributed by atoms with van der Waals surface area (Å²) < 4.78 is 4.94. The van der Waals surface area contributed by atoms with Crippen LogP contribution in [0.3, 0.4) is 0 Å². The molecule has 0 heterocycles. The number of hydrogen-bond donors (Lipinski definition) is 3. The molecule has 4 N–H and O–H groups in total. The van der Waals surface area contributed by atoms with Crippen LogP contribution < -0.4 is 11.1 Å². The number of carboxylic acids is 1. The molecule has 94 valence electrons. The van der Waals surface area contributed by atoms with Crippen molar-refractivity contribution in [2.24, 2.45) is 11.7 Å². The zero-order chi connectivity index (χ0) is 12.7. The maximum absolute atomic E-state index is 11.5. The molecule has 16 heavy (non-hydrogen) atoms. The molecule has 2 atom stereocenters. The third-order valence-corrected chi connectivity index (χ3v) is 2.26. The summed E-state index contributed by atoms with van der Waals surface area (Å²) in [4.78, 5) is 22.3. The molecule has 0 saturated heterocycles. The van der Waals surface area contributed by atoms with Crippen LogP contribution in [0.15, 0.2) is 0 Å². The van der Waals surface area contributed by atoms with E-state index in [2.05, 4.69) is 5.32 Å². The van der Waals surface area contributed by atoms with Gasteiger partial charge in [0.25, 0.3) is 0 Å². The number of nitrogens with one attached hydrogen (secondary N) is 1. The number of nitrogens with two attached hydrogens (primary N) is 1. The molecule has 0 fully saturated rings. The van der Waals surface area contributed by atoms with Gasteiger partial charge in [-0.1, -0.05) is 13.8 Å². The normalized spacial score (nSPS) is 14.6. The fourth-order valence-electron chi connectivity index (χ4n) is 1.22. The van der Waals surface area contributed by atoms with Gasteiger partial charge in [-0.2, -0.15) is 0 Å². The van der Waals surface area contributed by atoms with Crippen LogP contribution in [0.5, 0.6) is 0 Å². The second kappa shape index (κ2) is 7.19. The first-order chi connectivity index (χ1) is 7.42. The van der Waals surface area contributed by atoms with Crippen molar-refractivity contribution in [3.05, 3.63) is 0 Å². The maximum Gasteiger partial charge on any atom is 0.326 e. The standard InChI is InChI=1S/C10H20N2O4/c1-6(2)9(10(14)15)12-8(13)4-7(5-11)16-3/h6-7,9H,4-5,11H2,1-3H3,(H,12,13)(H,14,15). The van der Waals surface area contributed by atoms with E-state index in [1.807, 2.05) is 0 Å². The zero-order valence-corrected chi connectivity index (χ0v) is 9.90. The van der Waals surface area contributed by atoms with Crippen LogP contribution >= 0.6 is 0 Å². The van der Waals surface area contributed by atoms with Crippen molar-refractivity contribution in [2.75, 3.05) is 13.7 Å². The van der Waals surface area contributed by atoms with Crippen LogP contribution in [-0.2, 0) is 14.3 Å². The molecule has 0 aliphatic rings. The third-order valence-electron chi connectivity index (χ3n) is 2.26. The van der Waals surface area contributed by atoms with Crippen molar-refractivity contribution in [2.45, 2.75) is 32.4 Å². The van der Waals surface area contributed by atoms with Crippen LogP contribution in [0, 0.1) is 5.92 Å². The van der Waals surface area contributed by atoms with Crippen molar-refractivity contribution in [3.63, 3.8) is 0 Å². The third kappa shape index (κ3) is 5.09. The lowest BCUT2D eigenvalue weighted by atomic mass is 10.0. The molecule has 0 aliphatic carbocycles. The maximum atomic E-state index is 11.5. The molecule has 0 aliphatic heterocycles. The zero-order valence-electron chi connectivity index (χ0n) is 9.90. The Morgan fingerprint density at radius 1 is 1.44 bits per heavy atom. The van der Waals surface area contributed by atoms with Gasteiger partial charge in [0.15, 0.2) is 0 Å². The molecule has 0 aromatic heterocycles. The Hall–Kier alpha value is -1.14. The Labute approximate surface area is 95.1 Å². The average Bonchev–Trinajstić information content (AvgIpc) is 2.21. The summed E-state index contributed by atoms with van der Waals surface area (Å²) in [7, 11) is 1.46. The van der Waals surface area contributed by atoms with Crippen molar-refractivity contribution < 1.29 is 19.4 Å². The van der Waals surface area contributed by atoms with Crippen LogP contribution in [0.2, 0.25) is 0 Å². The van der Waals surface area contributed by atoms with E-state index in [0.717, 1.165) is 0 Å². The molecule has 2 unspecified atom stereocenters. The van der Waals surface area contributed by atoms with Crippen LogP contribution in [0.4, 0.5) is 0 Å². The molecule has 0 aromatic rings. The fraction of sp³-hybridized carbons (Fsp3) is 0.800. The number of aliphatic carboxylic acids is 1. The molecule has 0 saturated carbocycles. The van der Waals surface area contributed by atoms with Gasteiger partial charge >= 0.3 is 5.97 Å². The summed E-state index contributed by atoms with van der Waals surface area (Å²) in [6.45, 7) is 3.69. The van der Waals surface area contributed by atoms with Crippen LogP contribution in [0.25, 0.3) is 0 Å². The van der Waals surface area contributed by atoms with E-state index >= 15 is 0 Å². The first-order valence-corrected chi connectivity index (χ1v) is 5.17. The highest BCUT2D eigenvalue weighted by atomic mass is 16.5. The first-order valence-electron chi connectivity index (χ1n) is 5.17. The number of rotatable bonds is 7. The van der Waals surface area contributed by atoms with Crippen molar-refractivity contribution in [3.8, 4) is 0 Å². The monoisotopic (exact) mass is 232 g/mol. The van der Waals surface area contributed by atoms with Gasteiger partial charge in [-0.05, 0) is 5.92 Å². The van der Waals surface area contributed by atoms with E-state index in [1.54, 1.807) is 13.8 Å². The Kier molecular flexibility index (Phi) is 6.67. The second-order valence-electron chi connectivity index (χ2n) is 3.92. The molecular formula is C10H20N2O4. The van der Waals surface area contributed by atoms with E-state index in [0.29, 0.717) is 0 Å². The molecule has 6 heteroatoms. The smallest absolute Gasteiger partial charge is 0.326 e. The van der Waals surface area contributed by atoms with Crippen LogP contribution in [-0.4, -0.2) is 42.8 Å². The van der Waals surface area contributed by atoms with E-state index in [9.17, 15) is 9.59 Å². The van der Waals surface area contributed by atoms with E-state index in [-0.39, 0.29) is 30.9 Å². The number of carbonyl (C=O) groups is 2. The number of hydrogen-bond acceptors (Lipinski definition) is 4. The minimum atomic E-state index is -1.04. The fourth-order valence-corrected chi connectivity index (χ4v) is 1.22. The summed E-state index contributed by atoms with van der Waals surface area (Å²) >= 11 is 0. The van der Waals surface area contributed by atoms with Crippen molar-refractivity contribution in [1.29, 1.82) is 0 Å². The Morgan fingerprint density at radius 2 is 2.00 bits per heavy atom. The molecule has 0 aromatic carbocycles. The van der Waals surface area contributed by atoms with Gasteiger partial charge in [0.05, 0.1) is 12.5 Å². The highest BCUT2D eigenvalue weighted by Crippen LogP contribution is 2.03. The van der Waals surface area contributed by atoms with E-state index < -0.39 is 12.0 Å². The Bertz CT molecular complexity index is 239. The summed E-state index contributed by atoms with van der Waals surface area (Å²) in [5.74, 6) is -1.57. The SMILES string of the molecule is COC(CN)CC(=O)NC(C(=O)O)C(C)C. The average molecular weight is 232 g/mol. The predicted molar refractivity (Wildman–Crippen MR) is 58.9 cm³/mol. The minimum absolute atomic E-state index is 0.0729. The van der Waals surface area contributed by atoms with Gasteiger partial charge in [-0.3, -0.25) is 4.79 Å². The van der Waals surface area contributed by atoms with Gasteiger partial charge in [0, 0.05) is 13.7 Å². The highest BCUT2D eigenvalue weighted by Gasteiger charge is 2.24. The molecular weight excluding hydrogens is 212 g/mol. The van der Waals surface area contributed by atoms with Gasteiger partial charge in [-0.25, -0.2) is 4.79 Å². The molecule has 0 spiro atoms. The molecule has 0 rings (SSSR count). The lowest BCUT2D eigenvalue weighted by Crippen LogP contribution is -2.45. The first kappa shape index (κ1) is 14.9. The largest absolute Gasteiger partial charge is 0.480 e. The topological polar surface area (TPSA) is 102 Å². The quantitative estimate of drug-likeness (QED) is 0.553. The van der Waals surface area contributed by atoms with Crippen LogP contribution in [0.1, 0.15) is 20.3 Å². The Balaban J connectivity index is 4.25. The summed E-state index contributed by atoms with van der Waals surface area (Å²) in [6.07, 6.45) is -0.301. The number of carbonyl (C=O) groups excluding carboxylic acids is 1. The Morgan fingerprint density at radius 3 is 2.31 bits per heavy atom. The van der Waals surface area contributed by atoms with Gasteiger partial charge < -0.3 is 20.9 Å². The summed E-state index contributed by atoms with van der Waals surface area (Å²) in [5, 5.41) is 11.3. The van der Waals surface area contributed by atoms with Crippen molar-refractivity contribution >= 4 is 11.9 Å². The number of methoxy groups -OCH3 is 1. The lowest BCUT2D eigenvalue weighted by Gasteiger charge is -2.19. The van der Waals surface area contributed by atoms with Crippen molar-refractivity contribution in [1.82, 2.24) is 5.32 Å². The van der Waals surface area contributed by atoms with E-state index in [4.69, 9.17) is 15.6 Å². The van der Waals surface area contributed by atoms with Gasteiger partial charge in [0.2, 0.25) is 5.91 Å². The number of amides is 1. The second-order valence-corrected chi connectivity index (χ2v) is 3.92. The predicted octanol–water partition coefficient (Wildman–Crippen LogP) is -0.424.